The SMILES string of the molecule is CN(C(=O)C(F)(F)F)c1ccsc1C(C)(C)C. The number of alkyl halides is 3. The molecular formula is C11H14F3NOS. The van der Waals surface area contributed by atoms with Gasteiger partial charge in [-0.05, 0) is 16.9 Å². The first-order valence-electron chi connectivity index (χ1n) is 4.98. The highest BCUT2D eigenvalue weighted by atomic mass is 32.1. The number of halogens is 3. The van der Waals surface area contributed by atoms with Gasteiger partial charge in [0.15, 0.2) is 0 Å². The van der Waals surface area contributed by atoms with Crippen molar-refractivity contribution in [3.8, 4) is 0 Å². The molecule has 2 nitrogen and oxygen atoms in total. The Morgan fingerprint density at radius 3 is 2.24 bits per heavy atom. The monoisotopic (exact) mass is 265 g/mol. The maximum Gasteiger partial charge on any atom is 0.471 e. The smallest absolute Gasteiger partial charge is 0.307 e. The van der Waals surface area contributed by atoms with Gasteiger partial charge in [-0.1, -0.05) is 20.8 Å². The van der Waals surface area contributed by atoms with Crippen LogP contribution in [0.25, 0.3) is 0 Å². The summed E-state index contributed by atoms with van der Waals surface area (Å²) in [4.78, 5) is 12.6. The van der Waals surface area contributed by atoms with Gasteiger partial charge in [-0.2, -0.15) is 13.2 Å². The van der Waals surface area contributed by atoms with Gasteiger partial charge in [0.05, 0.1) is 5.69 Å². The van der Waals surface area contributed by atoms with Crippen LogP contribution in [-0.2, 0) is 10.2 Å². The molecule has 1 aromatic rings. The van der Waals surface area contributed by atoms with Crippen LogP contribution in [0.2, 0.25) is 0 Å². The second-order valence-corrected chi connectivity index (χ2v) is 5.66. The molecule has 96 valence electrons. The summed E-state index contributed by atoms with van der Waals surface area (Å²) in [5.41, 5.74) is 0.0359. The third kappa shape index (κ3) is 3.00. The standard InChI is InChI=1S/C11H14F3NOS/c1-10(2,3)8-7(5-6-17-8)15(4)9(16)11(12,13)14/h5-6H,1-4H3. The van der Waals surface area contributed by atoms with E-state index in [1.807, 2.05) is 20.8 Å². The van der Waals surface area contributed by atoms with Gasteiger partial charge in [0.1, 0.15) is 0 Å². The fraction of sp³-hybridized carbons (Fsp3) is 0.545. The molecule has 0 aliphatic rings. The number of carbonyl (C=O) groups excluding carboxylic acids is 1. The highest BCUT2D eigenvalue weighted by Gasteiger charge is 2.42. The molecule has 0 spiro atoms. The molecule has 0 N–H and O–H groups in total. The fourth-order valence-electron chi connectivity index (χ4n) is 1.43. The summed E-state index contributed by atoms with van der Waals surface area (Å²) < 4.78 is 37.0. The third-order valence-corrected chi connectivity index (χ3v) is 3.56. The molecule has 0 unspecified atom stereocenters. The number of hydrogen-bond donors (Lipinski definition) is 0. The van der Waals surface area contributed by atoms with E-state index in [0.717, 1.165) is 11.9 Å². The Bertz CT molecular complexity index is 417. The largest absolute Gasteiger partial charge is 0.471 e. The van der Waals surface area contributed by atoms with Crippen molar-refractivity contribution < 1.29 is 18.0 Å². The van der Waals surface area contributed by atoms with Gasteiger partial charge in [-0.25, -0.2) is 0 Å². The van der Waals surface area contributed by atoms with Crippen molar-refractivity contribution in [2.24, 2.45) is 0 Å². The Balaban J connectivity index is 3.11. The van der Waals surface area contributed by atoms with Crippen molar-refractivity contribution in [3.63, 3.8) is 0 Å². The molecule has 0 saturated heterocycles. The van der Waals surface area contributed by atoms with Crippen molar-refractivity contribution in [1.29, 1.82) is 0 Å². The number of amides is 1. The lowest BCUT2D eigenvalue weighted by Gasteiger charge is -2.24. The lowest BCUT2D eigenvalue weighted by atomic mass is 9.93. The van der Waals surface area contributed by atoms with E-state index in [9.17, 15) is 18.0 Å². The average Bonchev–Trinajstić information content (AvgIpc) is 2.61. The molecule has 0 aliphatic heterocycles. The van der Waals surface area contributed by atoms with Crippen LogP contribution in [0.1, 0.15) is 25.6 Å². The van der Waals surface area contributed by atoms with Gasteiger partial charge >= 0.3 is 12.1 Å². The van der Waals surface area contributed by atoms with Crippen LogP contribution in [0, 0.1) is 0 Å². The van der Waals surface area contributed by atoms with Crippen molar-refractivity contribution in [3.05, 3.63) is 16.3 Å². The molecule has 0 saturated carbocycles. The molecule has 1 rings (SSSR count). The summed E-state index contributed by atoms with van der Waals surface area (Å²) in [7, 11) is 1.15. The van der Waals surface area contributed by atoms with E-state index in [1.165, 1.54) is 17.4 Å². The normalized spacial score (nSPS) is 12.6. The van der Waals surface area contributed by atoms with Gasteiger partial charge < -0.3 is 4.90 Å². The molecular weight excluding hydrogens is 251 g/mol. The van der Waals surface area contributed by atoms with E-state index >= 15 is 0 Å². The van der Waals surface area contributed by atoms with E-state index in [1.54, 1.807) is 5.38 Å². The van der Waals surface area contributed by atoms with Gasteiger partial charge in [-0.3, -0.25) is 4.79 Å². The summed E-state index contributed by atoms with van der Waals surface area (Å²) >= 11 is 1.35. The Hall–Kier alpha value is -1.04. The predicted octanol–water partition coefficient (Wildman–Crippen LogP) is 3.57. The minimum atomic E-state index is -4.84. The van der Waals surface area contributed by atoms with Crippen LogP contribution in [0.3, 0.4) is 0 Å². The molecule has 0 aromatic carbocycles. The Morgan fingerprint density at radius 1 is 1.29 bits per heavy atom. The quantitative estimate of drug-likeness (QED) is 0.760. The summed E-state index contributed by atoms with van der Waals surface area (Å²) in [6.07, 6.45) is -4.84. The van der Waals surface area contributed by atoms with Gasteiger partial charge in [0.25, 0.3) is 0 Å². The lowest BCUT2D eigenvalue weighted by molar-refractivity contribution is -0.170. The molecule has 17 heavy (non-hydrogen) atoms. The zero-order chi connectivity index (χ0) is 13.4. The van der Waals surface area contributed by atoms with Gasteiger partial charge in [-0.15, -0.1) is 11.3 Å². The van der Waals surface area contributed by atoms with Crippen molar-refractivity contribution >= 4 is 22.9 Å². The predicted molar refractivity (Wildman–Crippen MR) is 62.5 cm³/mol. The Morgan fingerprint density at radius 2 is 1.82 bits per heavy atom. The van der Waals surface area contributed by atoms with Crippen LogP contribution in [0.5, 0.6) is 0 Å². The molecule has 0 bridgehead atoms. The van der Waals surface area contributed by atoms with E-state index in [-0.39, 0.29) is 5.41 Å². The zero-order valence-corrected chi connectivity index (χ0v) is 10.9. The number of hydrogen-bond acceptors (Lipinski definition) is 2. The minimum absolute atomic E-state index is 0.288. The summed E-state index contributed by atoms with van der Waals surface area (Å²) in [5, 5.41) is 1.69. The first kappa shape index (κ1) is 14.0. The maximum absolute atomic E-state index is 12.3. The number of carbonyl (C=O) groups is 1. The second-order valence-electron chi connectivity index (χ2n) is 4.75. The number of anilines is 1. The summed E-state index contributed by atoms with van der Waals surface area (Å²) in [5.74, 6) is -1.85. The summed E-state index contributed by atoms with van der Waals surface area (Å²) in [6, 6.07) is 1.54. The molecule has 6 heteroatoms. The second kappa shape index (κ2) is 4.33. The molecule has 0 fully saturated rings. The highest BCUT2D eigenvalue weighted by molar-refractivity contribution is 7.10. The molecule has 1 aromatic heterocycles. The van der Waals surface area contributed by atoms with Gasteiger partial charge in [0, 0.05) is 11.9 Å². The topological polar surface area (TPSA) is 20.3 Å². The maximum atomic E-state index is 12.3. The molecule has 1 heterocycles. The van der Waals surface area contributed by atoms with Crippen LogP contribution in [0.15, 0.2) is 11.4 Å². The van der Waals surface area contributed by atoms with Gasteiger partial charge in [0.2, 0.25) is 0 Å². The Labute approximate surface area is 102 Å². The minimum Gasteiger partial charge on any atom is -0.307 e. The highest BCUT2D eigenvalue weighted by Crippen LogP contribution is 2.37. The lowest BCUT2D eigenvalue weighted by Crippen LogP contribution is -2.39. The van der Waals surface area contributed by atoms with Crippen molar-refractivity contribution in [2.45, 2.75) is 32.4 Å². The van der Waals surface area contributed by atoms with E-state index in [4.69, 9.17) is 0 Å². The molecule has 0 radical (unpaired) electrons. The molecule has 0 atom stereocenters. The summed E-state index contributed by atoms with van der Waals surface area (Å²) in [6.45, 7) is 5.69. The zero-order valence-electron chi connectivity index (χ0n) is 10.1. The first-order chi connectivity index (χ1) is 7.55. The van der Waals surface area contributed by atoms with Crippen LogP contribution >= 0.6 is 11.3 Å². The van der Waals surface area contributed by atoms with Crippen LogP contribution < -0.4 is 4.90 Å². The van der Waals surface area contributed by atoms with Crippen molar-refractivity contribution in [1.82, 2.24) is 0 Å². The van der Waals surface area contributed by atoms with Crippen LogP contribution in [0.4, 0.5) is 18.9 Å². The average molecular weight is 265 g/mol. The number of thiophene rings is 1. The Kier molecular flexibility index (Phi) is 3.57. The van der Waals surface area contributed by atoms with Crippen LogP contribution in [-0.4, -0.2) is 19.1 Å². The number of rotatable bonds is 1. The van der Waals surface area contributed by atoms with E-state index < -0.39 is 12.1 Å². The fourth-order valence-corrected chi connectivity index (χ4v) is 2.44. The first-order valence-corrected chi connectivity index (χ1v) is 5.86. The van der Waals surface area contributed by atoms with Crippen molar-refractivity contribution in [2.75, 3.05) is 11.9 Å². The molecule has 1 amide bonds. The molecule has 0 aliphatic carbocycles. The van der Waals surface area contributed by atoms with E-state index in [0.29, 0.717) is 10.6 Å². The third-order valence-electron chi connectivity index (χ3n) is 2.23. The van der Waals surface area contributed by atoms with E-state index in [2.05, 4.69) is 0 Å². The number of nitrogens with zero attached hydrogens (tertiary/aromatic N) is 1.